The van der Waals surface area contributed by atoms with Gasteiger partial charge in [-0.1, -0.05) is 29.3 Å². The quantitative estimate of drug-likeness (QED) is 0.927. The number of likely N-dealkylation sites (tertiary alicyclic amines) is 1. The van der Waals surface area contributed by atoms with Crippen LogP contribution in [0.15, 0.2) is 18.2 Å². The lowest BCUT2D eigenvalue weighted by Gasteiger charge is -2.16. The Morgan fingerprint density at radius 3 is 2.83 bits per heavy atom. The second-order valence-corrected chi connectivity index (χ2v) is 5.43. The predicted molar refractivity (Wildman–Crippen MR) is 71.9 cm³/mol. The molecular formula is C13H15Cl2NO2. The van der Waals surface area contributed by atoms with Crippen molar-refractivity contribution in [2.24, 2.45) is 5.92 Å². The van der Waals surface area contributed by atoms with Crippen molar-refractivity contribution in [3.05, 3.63) is 33.8 Å². The van der Waals surface area contributed by atoms with Gasteiger partial charge >= 0.3 is 0 Å². The second kappa shape index (κ2) is 5.91. The molecule has 1 fully saturated rings. The van der Waals surface area contributed by atoms with Crippen molar-refractivity contribution in [3.8, 4) is 0 Å². The average Bonchev–Trinajstić information content (AvgIpc) is 2.81. The summed E-state index contributed by atoms with van der Waals surface area (Å²) < 4.78 is 0. The van der Waals surface area contributed by atoms with E-state index in [0.29, 0.717) is 16.6 Å². The zero-order chi connectivity index (χ0) is 13.1. The van der Waals surface area contributed by atoms with Crippen LogP contribution in [0.5, 0.6) is 0 Å². The molecule has 1 amide bonds. The molecule has 1 N–H and O–H groups in total. The molecule has 1 aromatic carbocycles. The molecule has 0 aromatic heterocycles. The van der Waals surface area contributed by atoms with Crippen molar-refractivity contribution in [1.29, 1.82) is 0 Å². The van der Waals surface area contributed by atoms with E-state index in [9.17, 15) is 4.79 Å². The summed E-state index contributed by atoms with van der Waals surface area (Å²) in [6, 6.07) is 5.16. The number of hydrogen-bond acceptors (Lipinski definition) is 2. The molecule has 0 saturated carbocycles. The van der Waals surface area contributed by atoms with Crippen molar-refractivity contribution >= 4 is 29.1 Å². The first-order chi connectivity index (χ1) is 8.60. The van der Waals surface area contributed by atoms with Gasteiger partial charge in [-0.05, 0) is 24.1 Å². The molecule has 1 atom stereocenters. The smallest absolute Gasteiger partial charge is 0.227 e. The highest BCUT2D eigenvalue weighted by molar-refractivity contribution is 6.35. The van der Waals surface area contributed by atoms with Gasteiger partial charge in [-0.3, -0.25) is 4.79 Å². The number of rotatable bonds is 3. The van der Waals surface area contributed by atoms with Gasteiger partial charge in [0, 0.05) is 35.7 Å². The molecule has 0 radical (unpaired) electrons. The van der Waals surface area contributed by atoms with E-state index in [0.717, 1.165) is 18.5 Å². The van der Waals surface area contributed by atoms with Crippen LogP contribution in [0.3, 0.4) is 0 Å². The van der Waals surface area contributed by atoms with E-state index in [1.807, 2.05) is 0 Å². The Morgan fingerprint density at radius 2 is 2.22 bits per heavy atom. The normalized spacial score (nSPS) is 19.3. The number of aliphatic hydroxyl groups is 1. The van der Waals surface area contributed by atoms with E-state index in [4.69, 9.17) is 28.3 Å². The van der Waals surface area contributed by atoms with E-state index in [2.05, 4.69) is 0 Å². The maximum atomic E-state index is 12.1. The van der Waals surface area contributed by atoms with Gasteiger partial charge in [0.25, 0.3) is 0 Å². The Kier molecular flexibility index (Phi) is 4.49. The monoisotopic (exact) mass is 287 g/mol. The number of amides is 1. The summed E-state index contributed by atoms with van der Waals surface area (Å²) in [5, 5.41) is 10.1. The zero-order valence-electron chi connectivity index (χ0n) is 9.90. The largest absolute Gasteiger partial charge is 0.396 e. The predicted octanol–water partition coefficient (Wildman–Crippen LogP) is 2.38. The van der Waals surface area contributed by atoms with E-state index >= 15 is 0 Å². The molecule has 1 unspecified atom stereocenters. The molecule has 18 heavy (non-hydrogen) atoms. The highest BCUT2D eigenvalue weighted by Crippen LogP contribution is 2.23. The molecule has 3 nitrogen and oxygen atoms in total. The molecule has 0 aliphatic carbocycles. The number of nitrogens with zero attached hydrogens (tertiary/aromatic N) is 1. The third kappa shape index (κ3) is 3.16. The van der Waals surface area contributed by atoms with Crippen molar-refractivity contribution in [3.63, 3.8) is 0 Å². The van der Waals surface area contributed by atoms with E-state index in [1.54, 1.807) is 23.1 Å². The lowest BCUT2D eigenvalue weighted by molar-refractivity contribution is -0.129. The van der Waals surface area contributed by atoms with Crippen LogP contribution in [0.2, 0.25) is 10.0 Å². The fourth-order valence-corrected chi connectivity index (χ4v) is 2.62. The molecule has 98 valence electrons. The standard InChI is InChI=1S/C13H15Cl2NO2/c14-11-2-1-10(12(15)6-11)5-13(18)16-4-3-9(7-16)8-17/h1-2,6,9,17H,3-5,7-8H2. The van der Waals surface area contributed by atoms with Crippen LogP contribution >= 0.6 is 23.2 Å². The third-order valence-electron chi connectivity index (χ3n) is 3.25. The molecule has 1 aromatic rings. The molecule has 0 spiro atoms. The van der Waals surface area contributed by atoms with Gasteiger partial charge in [0.05, 0.1) is 6.42 Å². The van der Waals surface area contributed by atoms with Gasteiger partial charge in [0.2, 0.25) is 5.91 Å². The number of halogens is 2. The SMILES string of the molecule is O=C(Cc1ccc(Cl)cc1Cl)N1CCC(CO)C1. The fourth-order valence-electron chi connectivity index (χ4n) is 2.15. The minimum absolute atomic E-state index is 0.0511. The minimum atomic E-state index is 0.0511. The lowest BCUT2D eigenvalue weighted by atomic mass is 10.1. The van der Waals surface area contributed by atoms with Gasteiger partial charge in [0.15, 0.2) is 0 Å². The van der Waals surface area contributed by atoms with Gasteiger partial charge < -0.3 is 10.0 Å². The van der Waals surface area contributed by atoms with Crippen molar-refractivity contribution in [2.45, 2.75) is 12.8 Å². The zero-order valence-corrected chi connectivity index (χ0v) is 11.4. The summed E-state index contributed by atoms with van der Waals surface area (Å²) in [5.41, 5.74) is 0.790. The number of hydrogen-bond donors (Lipinski definition) is 1. The highest BCUT2D eigenvalue weighted by Gasteiger charge is 2.25. The molecule has 2 rings (SSSR count). The summed E-state index contributed by atoms with van der Waals surface area (Å²) in [4.78, 5) is 13.8. The topological polar surface area (TPSA) is 40.5 Å². The summed E-state index contributed by atoms with van der Waals surface area (Å²) in [7, 11) is 0. The number of carbonyl (C=O) groups is 1. The Hall–Kier alpha value is -0.770. The summed E-state index contributed by atoms with van der Waals surface area (Å²) >= 11 is 11.9. The molecule has 1 saturated heterocycles. The highest BCUT2D eigenvalue weighted by atomic mass is 35.5. The Bertz CT molecular complexity index is 451. The Morgan fingerprint density at radius 1 is 1.44 bits per heavy atom. The van der Waals surface area contributed by atoms with Crippen molar-refractivity contribution in [2.75, 3.05) is 19.7 Å². The van der Waals surface area contributed by atoms with E-state index in [1.165, 1.54) is 0 Å². The lowest BCUT2D eigenvalue weighted by Crippen LogP contribution is -2.30. The maximum Gasteiger partial charge on any atom is 0.227 e. The fraction of sp³-hybridized carbons (Fsp3) is 0.462. The van der Waals surface area contributed by atoms with E-state index < -0.39 is 0 Å². The Labute approximate surface area is 116 Å². The van der Waals surface area contributed by atoms with Crippen molar-refractivity contribution in [1.82, 2.24) is 4.90 Å². The van der Waals surface area contributed by atoms with Gasteiger partial charge in [0.1, 0.15) is 0 Å². The molecule has 1 aliphatic heterocycles. The third-order valence-corrected chi connectivity index (χ3v) is 3.84. The minimum Gasteiger partial charge on any atom is -0.396 e. The Balaban J connectivity index is 1.99. The molecular weight excluding hydrogens is 273 g/mol. The summed E-state index contributed by atoms with van der Waals surface area (Å²) in [6.45, 7) is 1.50. The van der Waals surface area contributed by atoms with Gasteiger partial charge in [-0.25, -0.2) is 0 Å². The van der Waals surface area contributed by atoms with Crippen molar-refractivity contribution < 1.29 is 9.90 Å². The van der Waals surface area contributed by atoms with Crippen LogP contribution < -0.4 is 0 Å². The van der Waals surface area contributed by atoms with Crippen LogP contribution in [0.1, 0.15) is 12.0 Å². The van der Waals surface area contributed by atoms with Crippen LogP contribution in [0.25, 0.3) is 0 Å². The second-order valence-electron chi connectivity index (χ2n) is 4.59. The average molecular weight is 288 g/mol. The number of aliphatic hydroxyl groups excluding tert-OH is 1. The summed E-state index contributed by atoms with van der Waals surface area (Å²) in [6.07, 6.45) is 1.16. The molecule has 5 heteroatoms. The van der Waals surface area contributed by atoms with E-state index in [-0.39, 0.29) is 24.9 Å². The summed E-state index contributed by atoms with van der Waals surface area (Å²) in [5.74, 6) is 0.268. The first-order valence-corrected chi connectivity index (χ1v) is 6.68. The molecule has 0 bridgehead atoms. The molecule has 1 heterocycles. The maximum absolute atomic E-state index is 12.1. The van der Waals surface area contributed by atoms with Crippen LogP contribution in [0, 0.1) is 5.92 Å². The molecule has 1 aliphatic rings. The first-order valence-electron chi connectivity index (χ1n) is 5.92. The van der Waals surface area contributed by atoms with Crippen LogP contribution in [-0.4, -0.2) is 35.6 Å². The van der Waals surface area contributed by atoms with Gasteiger partial charge in [-0.15, -0.1) is 0 Å². The van der Waals surface area contributed by atoms with Crippen LogP contribution in [-0.2, 0) is 11.2 Å². The van der Waals surface area contributed by atoms with Crippen LogP contribution in [0.4, 0.5) is 0 Å². The number of benzene rings is 1. The first kappa shape index (κ1) is 13.7. The number of carbonyl (C=O) groups excluding carboxylic acids is 1. The van der Waals surface area contributed by atoms with Gasteiger partial charge in [-0.2, -0.15) is 0 Å².